The lowest BCUT2D eigenvalue weighted by atomic mass is 9.94. The Balaban J connectivity index is 1.25. The second kappa shape index (κ2) is 7.53. The summed E-state index contributed by atoms with van der Waals surface area (Å²) in [6.45, 7) is 5.17. The van der Waals surface area contributed by atoms with Crippen LogP contribution in [0.2, 0.25) is 0 Å². The molecule has 6 heteroatoms. The van der Waals surface area contributed by atoms with Crippen molar-refractivity contribution in [1.82, 2.24) is 24.6 Å². The van der Waals surface area contributed by atoms with Gasteiger partial charge in [0.05, 0.1) is 6.54 Å². The van der Waals surface area contributed by atoms with Crippen molar-refractivity contribution in [2.75, 3.05) is 26.2 Å². The number of amides is 1. The van der Waals surface area contributed by atoms with Crippen molar-refractivity contribution in [3.8, 4) is 0 Å². The molecule has 2 saturated heterocycles. The van der Waals surface area contributed by atoms with Gasteiger partial charge in [-0.3, -0.25) is 9.69 Å². The van der Waals surface area contributed by atoms with Crippen molar-refractivity contribution >= 4 is 5.91 Å². The van der Waals surface area contributed by atoms with E-state index in [-0.39, 0.29) is 0 Å². The lowest BCUT2D eigenvalue weighted by Crippen LogP contribution is -2.41. The summed E-state index contributed by atoms with van der Waals surface area (Å²) in [4.78, 5) is 17.4. The number of piperidine rings is 1. The SMILES string of the molecule is O=C(C1CCCC1)N1CCC(c2nnc(CN3CCCC3)n2C2CC2)CC1. The maximum Gasteiger partial charge on any atom is 0.225 e. The van der Waals surface area contributed by atoms with Crippen molar-refractivity contribution in [1.29, 1.82) is 0 Å². The van der Waals surface area contributed by atoms with Crippen LogP contribution in [-0.2, 0) is 11.3 Å². The van der Waals surface area contributed by atoms with E-state index in [0.717, 1.165) is 45.3 Å². The average molecular weight is 372 g/mol. The molecule has 0 N–H and O–H groups in total. The van der Waals surface area contributed by atoms with E-state index in [9.17, 15) is 4.79 Å². The van der Waals surface area contributed by atoms with Crippen LogP contribution >= 0.6 is 0 Å². The molecule has 2 aliphatic carbocycles. The van der Waals surface area contributed by atoms with Crippen LogP contribution in [0.15, 0.2) is 0 Å². The summed E-state index contributed by atoms with van der Waals surface area (Å²) in [5.74, 6) is 3.59. The fourth-order valence-corrected chi connectivity index (χ4v) is 5.38. The molecule has 0 spiro atoms. The lowest BCUT2D eigenvalue weighted by molar-refractivity contribution is -0.136. The van der Waals surface area contributed by atoms with Crippen LogP contribution in [0, 0.1) is 5.92 Å². The van der Waals surface area contributed by atoms with Gasteiger partial charge in [0.25, 0.3) is 0 Å². The highest BCUT2D eigenvalue weighted by Gasteiger charge is 2.36. The fourth-order valence-electron chi connectivity index (χ4n) is 5.38. The minimum atomic E-state index is 0.309. The Hall–Kier alpha value is -1.43. The Morgan fingerprint density at radius 2 is 1.56 bits per heavy atom. The van der Waals surface area contributed by atoms with Gasteiger partial charge in [0.2, 0.25) is 5.91 Å². The highest BCUT2D eigenvalue weighted by atomic mass is 16.2. The fraction of sp³-hybridized carbons (Fsp3) is 0.857. The van der Waals surface area contributed by atoms with E-state index < -0.39 is 0 Å². The summed E-state index contributed by atoms with van der Waals surface area (Å²) in [6, 6.07) is 0.630. The molecule has 5 rings (SSSR count). The minimum absolute atomic E-state index is 0.309. The van der Waals surface area contributed by atoms with Gasteiger partial charge in [-0.2, -0.15) is 0 Å². The Morgan fingerprint density at radius 3 is 2.22 bits per heavy atom. The van der Waals surface area contributed by atoms with E-state index in [1.165, 1.54) is 63.3 Å². The van der Waals surface area contributed by atoms with E-state index >= 15 is 0 Å². The number of aromatic nitrogens is 3. The number of carbonyl (C=O) groups is 1. The zero-order valence-corrected chi connectivity index (χ0v) is 16.5. The third kappa shape index (κ3) is 3.65. The minimum Gasteiger partial charge on any atom is -0.342 e. The first kappa shape index (κ1) is 17.7. The molecular weight excluding hydrogens is 338 g/mol. The van der Waals surface area contributed by atoms with Crippen molar-refractivity contribution in [2.24, 2.45) is 5.92 Å². The predicted molar refractivity (Wildman–Crippen MR) is 103 cm³/mol. The smallest absolute Gasteiger partial charge is 0.225 e. The summed E-state index contributed by atoms with van der Waals surface area (Å²) < 4.78 is 2.48. The van der Waals surface area contributed by atoms with Crippen molar-refractivity contribution in [3.63, 3.8) is 0 Å². The number of hydrogen-bond acceptors (Lipinski definition) is 4. The molecule has 1 aromatic heterocycles. The molecular formula is C21H33N5O. The lowest BCUT2D eigenvalue weighted by Gasteiger charge is -2.33. The molecule has 2 aliphatic heterocycles. The molecule has 0 unspecified atom stereocenters. The zero-order valence-electron chi connectivity index (χ0n) is 16.5. The van der Waals surface area contributed by atoms with Gasteiger partial charge in [-0.15, -0.1) is 10.2 Å². The third-order valence-corrected chi connectivity index (χ3v) is 7.14. The Bertz CT molecular complexity index is 662. The molecule has 4 fully saturated rings. The van der Waals surface area contributed by atoms with E-state index in [0.29, 0.717) is 23.8 Å². The van der Waals surface area contributed by atoms with Crippen LogP contribution in [0.1, 0.15) is 87.8 Å². The molecule has 3 heterocycles. The second-order valence-corrected chi connectivity index (χ2v) is 9.14. The van der Waals surface area contributed by atoms with Gasteiger partial charge in [-0.25, -0.2) is 0 Å². The molecule has 27 heavy (non-hydrogen) atoms. The van der Waals surface area contributed by atoms with E-state index in [4.69, 9.17) is 0 Å². The normalized spacial score (nSPS) is 25.6. The van der Waals surface area contributed by atoms with Gasteiger partial charge in [-0.05, 0) is 64.5 Å². The van der Waals surface area contributed by atoms with E-state index in [1.54, 1.807) is 0 Å². The number of likely N-dealkylation sites (tertiary alicyclic amines) is 2. The van der Waals surface area contributed by atoms with Gasteiger partial charge in [0.1, 0.15) is 11.6 Å². The summed E-state index contributed by atoms with van der Waals surface area (Å²) in [5.41, 5.74) is 0. The summed E-state index contributed by atoms with van der Waals surface area (Å²) in [7, 11) is 0. The molecule has 0 aromatic carbocycles. The molecule has 0 radical (unpaired) electrons. The number of nitrogens with zero attached hydrogens (tertiary/aromatic N) is 5. The molecule has 1 aromatic rings. The quantitative estimate of drug-likeness (QED) is 0.798. The largest absolute Gasteiger partial charge is 0.342 e. The third-order valence-electron chi connectivity index (χ3n) is 7.14. The van der Waals surface area contributed by atoms with Gasteiger partial charge >= 0.3 is 0 Å². The first-order chi connectivity index (χ1) is 13.3. The van der Waals surface area contributed by atoms with Crippen molar-refractivity contribution < 1.29 is 4.79 Å². The summed E-state index contributed by atoms with van der Waals surface area (Å²) >= 11 is 0. The standard InChI is InChI=1S/C21H33N5O/c27-21(17-5-1-2-6-17)25-13-9-16(10-14-25)20-23-22-19(26(20)18-7-8-18)15-24-11-3-4-12-24/h16-18H,1-15H2. The number of hydrogen-bond donors (Lipinski definition) is 0. The van der Waals surface area contributed by atoms with Crippen LogP contribution in [-0.4, -0.2) is 56.7 Å². The second-order valence-electron chi connectivity index (χ2n) is 9.14. The first-order valence-corrected chi connectivity index (χ1v) is 11.2. The number of carbonyl (C=O) groups excluding carboxylic acids is 1. The summed E-state index contributed by atoms with van der Waals surface area (Å²) in [6.07, 6.45) is 12.0. The topological polar surface area (TPSA) is 54.3 Å². The number of rotatable bonds is 5. The van der Waals surface area contributed by atoms with Gasteiger partial charge in [0, 0.05) is 31.0 Å². The van der Waals surface area contributed by atoms with E-state index in [1.807, 2.05) is 0 Å². The monoisotopic (exact) mass is 371 g/mol. The Labute approximate surface area is 162 Å². The van der Waals surface area contributed by atoms with Crippen LogP contribution in [0.5, 0.6) is 0 Å². The van der Waals surface area contributed by atoms with E-state index in [2.05, 4.69) is 24.6 Å². The molecule has 6 nitrogen and oxygen atoms in total. The van der Waals surface area contributed by atoms with Crippen LogP contribution in [0.3, 0.4) is 0 Å². The maximum absolute atomic E-state index is 12.7. The van der Waals surface area contributed by atoms with Crippen molar-refractivity contribution in [2.45, 2.75) is 82.7 Å². The predicted octanol–water partition coefficient (Wildman–Crippen LogP) is 3.11. The van der Waals surface area contributed by atoms with Crippen LogP contribution < -0.4 is 0 Å². The molecule has 4 aliphatic rings. The highest BCUT2D eigenvalue weighted by Crippen LogP contribution is 2.40. The van der Waals surface area contributed by atoms with Crippen molar-refractivity contribution in [3.05, 3.63) is 11.6 Å². The maximum atomic E-state index is 12.7. The van der Waals surface area contributed by atoms with Crippen LogP contribution in [0.25, 0.3) is 0 Å². The molecule has 0 atom stereocenters. The van der Waals surface area contributed by atoms with Gasteiger partial charge in [-0.1, -0.05) is 12.8 Å². The summed E-state index contributed by atoms with van der Waals surface area (Å²) in [5, 5.41) is 9.30. The Kier molecular flexibility index (Phi) is 4.92. The highest BCUT2D eigenvalue weighted by molar-refractivity contribution is 5.79. The first-order valence-electron chi connectivity index (χ1n) is 11.2. The molecule has 2 saturated carbocycles. The average Bonchev–Trinajstić information content (AvgIpc) is 3.12. The Morgan fingerprint density at radius 1 is 0.852 bits per heavy atom. The molecule has 1 amide bonds. The zero-order chi connectivity index (χ0) is 18.2. The van der Waals surface area contributed by atoms with Crippen LogP contribution in [0.4, 0.5) is 0 Å². The molecule has 0 bridgehead atoms. The molecule has 148 valence electrons. The van der Waals surface area contributed by atoms with Gasteiger partial charge in [0.15, 0.2) is 0 Å². The van der Waals surface area contributed by atoms with Gasteiger partial charge < -0.3 is 9.47 Å².